The quantitative estimate of drug-likeness (QED) is 0.788. The number of nitrogens with zero attached hydrogens (tertiary/aromatic N) is 3. The summed E-state index contributed by atoms with van der Waals surface area (Å²) in [5, 5.41) is 7.05. The first kappa shape index (κ1) is 10.6. The van der Waals surface area contributed by atoms with Crippen molar-refractivity contribution >= 4 is 0 Å². The van der Waals surface area contributed by atoms with Gasteiger partial charge in [-0.15, -0.1) is 0 Å². The van der Waals surface area contributed by atoms with Crippen LogP contribution in [0, 0.1) is 0 Å². The van der Waals surface area contributed by atoms with E-state index in [1.165, 1.54) is 6.42 Å². The number of likely N-dealkylation sites (N-methyl/N-ethyl adjacent to an activating group) is 1. The zero-order valence-corrected chi connectivity index (χ0v) is 9.36. The van der Waals surface area contributed by atoms with E-state index in [2.05, 4.69) is 27.4 Å². The smallest absolute Gasteiger partial charge is 0.243 e. The van der Waals surface area contributed by atoms with Crippen LogP contribution in [0.25, 0.3) is 0 Å². The zero-order valence-electron chi connectivity index (χ0n) is 9.36. The largest absolute Gasteiger partial charge is 0.338 e. The van der Waals surface area contributed by atoms with Gasteiger partial charge in [-0.25, -0.2) is 0 Å². The van der Waals surface area contributed by atoms with Crippen LogP contribution in [0.5, 0.6) is 0 Å². The molecule has 0 aromatic carbocycles. The van der Waals surface area contributed by atoms with Crippen LogP contribution < -0.4 is 5.32 Å². The number of nitrogens with one attached hydrogen (secondary N) is 1. The van der Waals surface area contributed by atoms with Crippen LogP contribution in [-0.4, -0.2) is 42.2 Å². The summed E-state index contributed by atoms with van der Waals surface area (Å²) >= 11 is 0. The summed E-state index contributed by atoms with van der Waals surface area (Å²) in [6.07, 6.45) is 3.18. The van der Waals surface area contributed by atoms with E-state index in [4.69, 9.17) is 4.52 Å². The van der Waals surface area contributed by atoms with Gasteiger partial charge in [0.1, 0.15) is 0 Å². The van der Waals surface area contributed by atoms with Crippen LogP contribution in [-0.2, 0) is 6.42 Å². The first-order valence-electron chi connectivity index (χ1n) is 5.48. The Morgan fingerprint density at radius 3 is 3.13 bits per heavy atom. The standard InChI is InChI=1S/C10H18N4O/c1-11-6-5-9-12-10(15-13-9)8-4-3-7-14(8)2/h8,11H,3-7H2,1-2H3. The summed E-state index contributed by atoms with van der Waals surface area (Å²) in [6.45, 7) is 2.01. The lowest BCUT2D eigenvalue weighted by Crippen LogP contribution is -2.17. The van der Waals surface area contributed by atoms with E-state index in [0.717, 1.165) is 37.6 Å². The van der Waals surface area contributed by atoms with Crippen molar-refractivity contribution in [1.82, 2.24) is 20.4 Å². The fraction of sp³-hybridized carbons (Fsp3) is 0.800. The van der Waals surface area contributed by atoms with Gasteiger partial charge in [0.05, 0.1) is 6.04 Å². The first-order valence-corrected chi connectivity index (χ1v) is 5.48. The van der Waals surface area contributed by atoms with Gasteiger partial charge >= 0.3 is 0 Å². The van der Waals surface area contributed by atoms with Gasteiger partial charge in [0.2, 0.25) is 5.89 Å². The molecule has 0 spiro atoms. The molecule has 1 unspecified atom stereocenters. The average Bonchev–Trinajstić information content (AvgIpc) is 2.83. The molecule has 1 N–H and O–H groups in total. The minimum Gasteiger partial charge on any atom is -0.338 e. The molecule has 2 heterocycles. The van der Waals surface area contributed by atoms with Crippen LogP contribution in [0.3, 0.4) is 0 Å². The fourth-order valence-corrected chi connectivity index (χ4v) is 1.96. The molecule has 0 amide bonds. The van der Waals surface area contributed by atoms with Crippen molar-refractivity contribution in [2.75, 3.05) is 27.2 Å². The Morgan fingerprint density at radius 2 is 2.47 bits per heavy atom. The minimum absolute atomic E-state index is 0.334. The van der Waals surface area contributed by atoms with Gasteiger partial charge in [0, 0.05) is 13.0 Å². The second-order valence-corrected chi connectivity index (χ2v) is 4.04. The Balaban J connectivity index is 1.99. The molecule has 1 atom stereocenters. The van der Waals surface area contributed by atoms with Gasteiger partial charge in [-0.2, -0.15) is 4.98 Å². The van der Waals surface area contributed by atoms with Crippen molar-refractivity contribution in [2.45, 2.75) is 25.3 Å². The third kappa shape index (κ3) is 2.35. The Labute approximate surface area is 89.8 Å². The highest BCUT2D eigenvalue weighted by atomic mass is 16.5. The third-order valence-electron chi connectivity index (χ3n) is 2.89. The van der Waals surface area contributed by atoms with E-state index in [-0.39, 0.29) is 0 Å². The van der Waals surface area contributed by atoms with E-state index in [9.17, 15) is 0 Å². The predicted octanol–water partition coefficient (Wildman–Crippen LogP) is 0.598. The molecule has 0 saturated carbocycles. The number of hydrogen-bond donors (Lipinski definition) is 1. The third-order valence-corrected chi connectivity index (χ3v) is 2.89. The van der Waals surface area contributed by atoms with Gasteiger partial charge in [-0.1, -0.05) is 5.16 Å². The molecule has 5 heteroatoms. The molecule has 1 aromatic rings. The molecule has 1 aliphatic rings. The SMILES string of the molecule is CNCCc1noc(C2CCCN2C)n1. The Kier molecular flexibility index (Phi) is 3.33. The van der Waals surface area contributed by atoms with Crippen LogP contribution in [0.4, 0.5) is 0 Å². The van der Waals surface area contributed by atoms with Crippen molar-refractivity contribution < 1.29 is 4.52 Å². The van der Waals surface area contributed by atoms with Gasteiger partial charge in [-0.05, 0) is 33.5 Å². The Hall–Kier alpha value is -0.940. The Bertz CT molecular complexity index is 312. The van der Waals surface area contributed by atoms with Crippen molar-refractivity contribution in [3.8, 4) is 0 Å². The summed E-state index contributed by atoms with van der Waals surface area (Å²) in [7, 11) is 4.03. The molecule has 1 saturated heterocycles. The number of aromatic nitrogens is 2. The van der Waals surface area contributed by atoms with Crippen LogP contribution in [0.1, 0.15) is 30.6 Å². The predicted molar refractivity (Wildman–Crippen MR) is 56.5 cm³/mol. The maximum Gasteiger partial charge on any atom is 0.243 e. The molecule has 0 radical (unpaired) electrons. The molecule has 15 heavy (non-hydrogen) atoms. The van der Waals surface area contributed by atoms with E-state index < -0.39 is 0 Å². The molecular formula is C10H18N4O. The number of likely N-dealkylation sites (tertiary alicyclic amines) is 1. The monoisotopic (exact) mass is 210 g/mol. The van der Waals surface area contributed by atoms with Crippen molar-refractivity contribution in [1.29, 1.82) is 0 Å². The van der Waals surface area contributed by atoms with Crippen LogP contribution in [0.15, 0.2) is 4.52 Å². The van der Waals surface area contributed by atoms with E-state index in [1.807, 2.05) is 7.05 Å². The highest BCUT2D eigenvalue weighted by molar-refractivity contribution is 4.96. The lowest BCUT2D eigenvalue weighted by molar-refractivity contribution is 0.244. The molecule has 5 nitrogen and oxygen atoms in total. The molecule has 2 rings (SSSR count). The van der Waals surface area contributed by atoms with E-state index in [0.29, 0.717) is 6.04 Å². The highest BCUT2D eigenvalue weighted by Crippen LogP contribution is 2.28. The lowest BCUT2D eigenvalue weighted by Gasteiger charge is -2.14. The summed E-state index contributed by atoms with van der Waals surface area (Å²) in [5.41, 5.74) is 0. The summed E-state index contributed by atoms with van der Waals surface area (Å²) in [6, 6.07) is 0.334. The summed E-state index contributed by atoms with van der Waals surface area (Å²) < 4.78 is 5.29. The molecule has 0 aliphatic carbocycles. The summed E-state index contributed by atoms with van der Waals surface area (Å²) in [5.74, 6) is 1.58. The van der Waals surface area contributed by atoms with Gasteiger partial charge in [0.25, 0.3) is 0 Å². The topological polar surface area (TPSA) is 54.2 Å². The van der Waals surface area contributed by atoms with Crippen molar-refractivity contribution in [3.63, 3.8) is 0 Å². The number of hydrogen-bond acceptors (Lipinski definition) is 5. The molecule has 0 bridgehead atoms. The molecule has 1 aromatic heterocycles. The van der Waals surface area contributed by atoms with Crippen molar-refractivity contribution in [3.05, 3.63) is 11.7 Å². The molecule has 1 aliphatic heterocycles. The van der Waals surface area contributed by atoms with E-state index >= 15 is 0 Å². The van der Waals surface area contributed by atoms with Gasteiger partial charge in [0.15, 0.2) is 5.82 Å². The highest BCUT2D eigenvalue weighted by Gasteiger charge is 2.27. The second-order valence-electron chi connectivity index (χ2n) is 4.04. The first-order chi connectivity index (χ1) is 7.31. The van der Waals surface area contributed by atoms with Crippen LogP contribution in [0.2, 0.25) is 0 Å². The van der Waals surface area contributed by atoms with E-state index in [1.54, 1.807) is 0 Å². The maximum absolute atomic E-state index is 5.29. The normalized spacial score (nSPS) is 22.4. The van der Waals surface area contributed by atoms with Crippen molar-refractivity contribution in [2.24, 2.45) is 0 Å². The molecule has 84 valence electrons. The average molecular weight is 210 g/mol. The van der Waals surface area contributed by atoms with Gasteiger partial charge < -0.3 is 9.84 Å². The second kappa shape index (κ2) is 4.72. The number of rotatable bonds is 4. The fourth-order valence-electron chi connectivity index (χ4n) is 1.96. The maximum atomic E-state index is 5.29. The molecule has 1 fully saturated rings. The van der Waals surface area contributed by atoms with Crippen LogP contribution >= 0.6 is 0 Å². The summed E-state index contributed by atoms with van der Waals surface area (Å²) in [4.78, 5) is 6.69. The lowest BCUT2D eigenvalue weighted by atomic mass is 10.2. The minimum atomic E-state index is 0.334. The zero-order chi connectivity index (χ0) is 10.7. The molecular weight excluding hydrogens is 192 g/mol. The van der Waals surface area contributed by atoms with Gasteiger partial charge in [-0.3, -0.25) is 4.90 Å². The Morgan fingerprint density at radius 1 is 1.60 bits per heavy atom.